The number of benzene rings is 2. The van der Waals surface area contributed by atoms with E-state index in [1.54, 1.807) is 18.3 Å². The second-order valence-electron chi connectivity index (χ2n) is 5.21. The summed E-state index contributed by atoms with van der Waals surface area (Å²) in [7, 11) is 0. The number of nitrogen functional groups attached to an aromatic ring is 1. The fourth-order valence-corrected chi connectivity index (χ4v) is 2.39. The highest BCUT2D eigenvalue weighted by molar-refractivity contribution is 5.96. The zero-order chi connectivity index (χ0) is 15.5. The summed E-state index contributed by atoms with van der Waals surface area (Å²) in [5.74, 6) is 0.517. The minimum Gasteiger partial charge on any atom is -0.383 e. The normalized spacial score (nSPS) is 10.9. The molecule has 2 aromatic carbocycles. The van der Waals surface area contributed by atoms with Crippen molar-refractivity contribution in [2.24, 2.45) is 0 Å². The zero-order valence-electron chi connectivity index (χ0n) is 12.2. The second kappa shape index (κ2) is 5.71. The van der Waals surface area contributed by atoms with Gasteiger partial charge in [0.05, 0.1) is 11.6 Å². The van der Waals surface area contributed by atoms with Gasteiger partial charge in [-0.2, -0.15) is 5.26 Å². The van der Waals surface area contributed by atoms with Gasteiger partial charge < -0.3 is 5.73 Å². The van der Waals surface area contributed by atoms with E-state index in [9.17, 15) is 0 Å². The predicted octanol–water partition coefficient (Wildman–Crippen LogP) is 4.17. The molecule has 0 amide bonds. The van der Waals surface area contributed by atoms with E-state index in [4.69, 9.17) is 11.0 Å². The Bertz CT molecular complexity index is 895. The minimum absolute atomic E-state index is 0.517. The second-order valence-corrected chi connectivity index (χ2v) is 5.21. The quantitative estimate of drug-likeness (QED) is 0.768. The van der Waals surface area contributed by atoms with E-state index in [1.807, 2.05) is 24.3 Å². The molecule has 3 aromatic rings. The van der Waals surface area contributed by atoms with Crippen molar-refractivity contribution in [3.63, 3.8) is 0 Å². The van der Waals surface area contributed by atoms with Crippen molar-refractivity contribution in [2.75, 3.05) is 5.73 Å². The standard InChI is InChI=1S/C19H15N3/c1-13-2-8-16-12-22-19(21)17(18(16)10-13)9-7-14-3-5-15(11-20)6-4-14/h2-10,12H,1H3,(H2,21,22)/b9-7+. The number of aromatic nitrogens is 1. The number of nitrogens with two attached hydrogens (primary N) is 1. The molecule has 0 saturated carbocycles. The number of pyridine rings is 1. The first-order valence-corrected chi connectivity index (χ1v) is 7.00. The molecule has 0 spiro atoms. The smallest absolute Gasteiger partial charge is 0.131 e. The van der Waals surface area contributed by atoms with Gasteiger partial charge >= 0.3 is 0 Å². The van der Waals surface area contributed by atoms with Crippen LogP contribution in [0.5, 0.6) is 0 Å². The Morgan fingerprint density at radius 3 is 2.59 bits per heavy atom. The number of aryl methyl sites for hydroxylation is 1. The first-order valence-electron chi connectivity index (χ1n) is 7.00. The van der Waals surface area contributed by atoms with E-state index in [0.29, 0.717) is 11.4 Å². The highest BCUT2D eigenvalue weighted by Gasteiger charge is 2.04. The van der Waals surface area contributed by atoms with E-state index in [1.165, 1.54) is 5.56 Å². The summed E-state index contributed by atoms with van der Waals surface area (Å²) >= 11 is 0. The number of nitrogens with zero attached hydrogens (tertiary/aromatic N) is 2. The Labute approximate surface area is 129 Å². The van der Waals surface area contributed by atoms with E-state index < -0.39 is 0 Å². The first-order chi connectivity index (χ1) is 10.7. The van der Waals surface area contributed by atoms with E-state index in [0.717, 1.165) is 21.9 Å². The molecule has 0 aliphatic carbocycles. The van der Waals surface area contributed by atoms with Crippen LogP contribution in [0.2, 0.25) is 0 Å². The van der Waals surface area contributed by atoms with Crippen LogP contribution in [0, 0.1) is 18.3 Å². The molecule has 3 heteroatoms. The average Bonchev–Trinajstić information content (AvgIpc) is 2.54. The molecule has 22 heavy (non-hydrogen) atoms. The summed E-state index contributed by atoms with van der Waals surface area (Å²) in [6, 6.07) is 15.8. The SMILES string of the molecule is Cc1ccc2cnc(N)c(/C=C/c3ccc(C#N)cc3)c2c1. The van der Waals surface area contributed by atoms with Crippen LogP contribution >= 0.6 is 0 Å². The van der Waals surface area contributed by atoms with Gasteiger partial charge in [-0.25, -0.2) is 4.98 Å². The topological polar surface area (TPSA) is 62.7 Å². The molecule has 2 N–H and O–H groups in total. The average molecular weight is 285 g/mol. The minimum atomic E-state index is 0.517. The maximum atomic E-state index is 8.82. The molecule has 3 nitrogen and oxygen atoms in total. The van der Waals surface area contributed by atoms with Gasteiger partial charge in [-0.3, -0.25) is 0 Å². The van der Waals surface area contributed by atoms with Crippen molar-refractivity contribution in [1.82, 2.24) is 4.98 Å². The molecule has 0 aliphatic rings. The maximum absolute atomic E-state index is 8.82. The molecule has 0 saturated heterocycles. The van der Waals surface area contributed by atoms with Crippen LogP contribution in [0.25, 0.3) is 22.9 Å². The van der Waals surface area contributed by atoms with Crippen molar-refractivity contribution in [3.8, 4) is 6.07 Å². The molecule has 0 fully saturated rings. The monoisotopic (exact) mass is 285 g/mol. The number of fused-ring (bicyclic) bond motifs is 1. The summed E-state index contributed by atoms with van der Waals surface area (Å²) in [5.41, 5.74) is 9.82. The third-order valence-electron chi connectivity index (χ3n) is 3.60. The number of anilines is 1. The third kappa shape index (κ3) is 2.68. The molecule has 106 valence electrons. The van der Waals surface area contributed by atoms with Crippen LogP contribution in [-0.4, -0.2) is 4.98 Å². The van der Waals surface area contributed by atoms with Crippen LogP contribution in [0.4, 0.5) is 5.82 Å². The molecular formula is C19H15N3. The van der Waals surface area contributed by atoms with Crippen LogP contribution in [0.1, 0.15) is 22.3 Å². The van der Waals surface area contributed by atoms with E-state index in [-0.39, 0.29) is 0 Å². The fourth-order valence-electron chi connectivity index (χ4n) is 2.39. The van der Waals surface area contributed by atoms with Crippen LogP contribution in [0.15, 0.2) is 48.7 Å². The van der Waals surface area contributed by atoms with Crippen molar-refractivity contribution < 1.29 is 0 Å². The van der Waals surface area contributed by atoms with Crippen molar-refractivity contribution in [3.05, 3.63) is 70.9 Å². The Morgan fingerprint density at radius 1 is 1.09 bits per heavy atom. The van der Waals surface area contributed by atoms with Gasteiger partial charge in [-0.15, -0.1) is 0 Å². The summed E-state index contributed by atoms with van der Waals surface area (Å²) in [6.45, 7) is 2.06. The highest BCUT2D eigenvalue weighted by atomic mass is 14.8. The molecule has 1 heterocycles. The van der Waals surface area contributed by atoms with Gasteiger partial charge in [0.2, 0.25) is 0 Å². The Morgan fingerprint density at radius 2 is 1.86 bits per heavy atom. The Kier molecular flexibility index (Phi) is 3.59. The highest BCUT2D eigenvalue weighted by Crippen LogP contribution is 2.25. The van der Waals surface area contributed by atoms with Gasteiger partial charge in [-0.1, -0.05) is 48.0 Å². The summed E-state index contributed by atoms with van der Waals surface area (Å²) < 4.78 is 0. The molecule has 0 atom stereocenters. The first kappa shape index (κ1) is 13.8. The lowest BCUT2D eigenvalue weighted by atomic mass is 10.0. The summed E-state index contributed by atoms with van der Waals surface area (Å²) in [6.07, 6.45) is 5.75. The lowest BCUT2D eigenvalue weighted by molar-refractivity contribution is 1.35. The predicted molar refractivity (Wildman–Crippen MR) is 91.0 cm³/mol. The van der Waals surface area contributed by atoms with Gasteiger partial charge in [0.1, 0.15) is 5.82 Å². The van der Waals surface area contributed by atoms with Gasteiger partial charge in [-0.05, 0) is 30.0 Å². The molecule has 3 rings (SSSR count). The van der Waals surface area contributed by atoms with Crippen LogP contribution < -0.4 is 5.73 Å². The number of rotatable bonds is 2. The van der Waals surface area contributed by atoms with Gasteiger partial charge in [0.15, 0.2) is 0 Å². The number of hydrogen-bond donors (Lipinski definition) is 1. The Balaban J connectivity index is 2.05. The summed E-state index contributed by atoms with van der Waals surface area (Å²) in [5, 5.41) is 11.0. The fraction of sp³-hybridized carbons (Fsp3) is 0.0526. The van der Waals surface area contributed by atoms with Crippen molar-refractivity contribution in [2.45, 2.75) is 6.92 Å². The molecule has 0 radical (unpaired) electrons. The van der Waals surface area contributed by atoms with Crippen molar-refractivity contribution >= 4 is 28.7 Å². The molecule has 0 bridgehead atoms. The molecule has 1 aromatic heterocycles. The molecular weight excluding hydrogens is 270 g/mol. The lowest BCUT2D eigenvalue weighted by Crippen LogP contribution is -1.95. The number of hydrogen-bond acceptors (Lipinski definition) is 3. The van der Waals surface area contributed by atoms with Crippen LogP contribution in [0.3, 0.4) is 0 Å². The lowest BCUT2D eigenvalue weighted by Gasteiger charge is -2.06. The van der Waals surface area contributed by atoms with Crippen LogP contribution in [-0.2, 0) is 0 Å². The zero-order valence-corrected chi connectivity index (χ0v) is 12.2. The Hall–Kier alpha value is -3.12. The van der Waals surface area contributed by atoms with Gasteiger partial charge in [0.25, 0.3) is 0 Å². The van der Waals surface area contributed by atoms with E-state index in [2.05, 4.69) is 36.2 Å². The van der Waals surface area contributed by atoms with Gasteiger partial charge in [0, 0.05) is 17.1 Å². The summed E-state index contributed by atoms with van der Waals surface area (Å²) in [4.78, 5) is 4.26. The molecule has 0 unspecified atom stereocenters. The third-order valence-corrected chi connectivity index (χ3v) is 3.60. The van der Waals surface area contributed by atoms with Crippen molar-refractivity contribution in [1.29, 1.82) is 5.26 Å². The largest absolute Gasteiger partial charge is 0.383 e. The number of nitriles is 1. The maximum Gasteiger partial charge on any atom is 0.131 e. The molecule has 0 aliphatic heterocycles. The van der Waals surface area contributed by atoms with E-state index >= 15 is 0 Å².